The lowest BCUT2D eigenvalue weighted by Crippen LogP contribution is -2.25. The Kier molecular flexibility index (Phi) is 7.12. The van der Waals surface area contributed by atoms with E-state index in [9.17, 15) is 0 Å². The third-order valence-electron chi connectivity index (χ3n) is 3.54. The third-order valence-corrected chi connectivity index (χ3v) is 3.54. The quantitative estimate of drug-likeness (QED) is 0.758. The first-order valence-corrected chi connectivity index (χ1v) is 7.69. The molecule has 1 rings (SSSR count). The molecule has 0 aliphatic carbocycles. The van der Waals surface area contributed by atoms with Gasteiger partial charge in [-0.2, -0.15) is 0 Å². The van der Waals surface area contributed by atoms with Crippen LogP contribution in [0.25, 0.3) is 0 Å². The molecule has 21 heavy (non-hydrogen) atoms. The smallest absolute Gasteiger partial charge is 0.213 e. The average Bonchev–Trinajstić information content (AvgIpc) is 2.40. The summed E-state index contributed by atoms with van der Waals surface area (Å²) in [5, 5.41) is 3.43. The molecule has 1 heterocycles. The van der Waals surface area contributed by atoms with Crippen molar-refractivity contribution >= 4 is 0 Å². The van der Waals surface area contributed by atoms with Crippen molar-refractivity contribution in [3.63, 3.8) is 0 Å². The van der Waals surface area contributed by atoms with Gasteiger partial charge in [0.25, 0.3) is 0 Å². The van der Waals surface area contributed by atoms with Gasteiger partial charge in [0.2, 0.25) is 5.88 Å². The molecule has 120 valence electrons. The summed E-state index contributed by atoms with van der Waals surface area (Å²) in [6, 6.07) is 4.03. The Morgan fingerprint density at radius 2 is 2.00 bits per heavy atom. The zero-order valence-electron chi connectivity index (χ0n) is 14.3. The Bertz CT molecular complexity index is 431. The van der Waals surface area contributed by atoms with Crippen LogP contribution in [0, 0.1) is 12.8 Å². The SMILES string of the molecule is COC(C)(C)CCOc1ccc(CNCC(C)C)c(C)n1. The number of methoxy groups -OCH3 is 1. The highest BCUT2D eigenvalue weighted by Gasteiger charge is 2.16. The number of nitrogens with one attached hydrogen (secondary N) is 1. The minimum Gasteiger partial charge on any atom is -0.478 e. The van der Waals surface area contributed by atoms with Crippen molar-refractivity contribution in [2.45, 2.75) is 53.2 Å². The molecule has 0 saturated carbocycles. The van der Waals surface area contributed by atoms with E-state index in [4.69, 9.17) is 9.47 Å². The zero-order chi connectivity index (χ0) is 15.9. The molecule has 0 aliphatic rings. The van der Waals surface area contributed by atoms with Crippen molar-refractivity contribution < 1.29 is 9.47 Å². The number of hydrogen-bond acceptors (Lipinski definition) is 4. The number of aryl methyl sites for hydroxylation is 1. The second-order valence-corrected chi connectivity index (χ2v) is 6.48. The van der Waals surface area contributed by atoms with E-state index in [1.807, 2.05) is 13.0 Å². The maximum Gasteiger partial charge on any atom is 0.213 e. The highest BCUT2D eigenvalue weighted by Crippen LogP contribution is 2.16. The molecule has 0 saturated heterocycles. The molecule has 1 aromatic rings. The predicted molar refractivity (Wildman–Crippen MR) is 86.7 cm³/mol. The van der Waals surface area contributed by atoms with Crippen LogP contribution in [0.3, 0.4) is 0 Å². The lowest BCUT2D eigenvalue weighted by molar-refractivity contribution is 0.00507. The maximum atomic E-state index is 5.71. The van der Waals surface area contributed by atoms with Gasteiger partial charge < -0.3 is 14.8 Å². The molecule has 0 aliphatic heterocycles. The predicted octanol–water partition coefficient (Wildman–Crippen LogP) is 3.33. The number of ether oxygens (including phenoxy) is 2. The van der Waals surface area contributed by atoms with Gasteiger partial charge in [0, 0.05) is 31.8 Å². The number of nitrogens with zero attached hydrogens (tertiary/aromatic N) is 1. The number of aromatic nitrogens is 1. The number of hydrogen-bond donors (Lipinski definition) is 1. The Morgan fingerprint density at radius 1 is 1.29 bits per heavy atom. The van der Waals surface area contributed by atoms with Crippen LogP contribution in [-0.2, 0) is 11.3 Å². The second kappa shape index (κ2) is 8.35. The van der Waals surface area contributed by atoms with Crippen LogP contribution in [0.5, 0.6) is 5.88 Å². The van der Waals surface area contributed by atoms with Crippen LogP contribution in [0.15, 0.2) is 12.1 Å². The van der Waals surface area contributed by atoms with Crippen molar-refractivity contribution in [1.29, 1.82) is 0 Å². The summed E-state index contributed by atoms with van der Waals surface area (Å²) >= 11 is 0. The molecule has 1 N–H and O–H groups in total. The summed E-state index contributed by atoms with van der Waals surface area (Å²) in [7, 11) is 1.72. The van der Waals surface area contributed by atoms with Crippen molar-refractivity contribution in [3.8, 4) is 5.88 Å². The fraction of sp³-hybridized carbons (Fsp3) is 0.706. The molecular weight excluding hydrogens is 264 g/mol. The number of rotatable bonds is 9. The average molecular weight is 294 g/mol. The van der Waals surface area contributed by atoms with Gasteiger partial charge in [-0.05, 0) is 38.8 Å². The fourth-order valence-electron chi connectivity index (χ4n) is 1.83. The van der Waals surface area contributed by atoms with Crippen LogP contribution in [-0.4, -0.2) is 30.8 Å². The van der Waals surface area contributed by atoms with Gasteiger partial charge in [-0.1, -0.05) is 19.9 Å². The van der Waals surface area contributed by atoms with E-state index in [2.05, 4.69) is 44.1 Å². The summed E-state index contributed by atoms with van der Waals surface area (Å²) in [6.07, 6.45) is 0.835. The Morgan fingerprint density at radius 3 is 2.57 bits per heavy atom. The topological polar surface area (TPSA) is 43.4 Å². The summed E-state index contributed by atoms with van der Waals surface area (Å²) in [4.78, 5) is 4.51. The normalized spacial score (nSPS) is 12.0. The second-order valence-electron chi connectivity index (χ2n) is 6.48. The molecule has 0 fully saturated rings. The molecule has 1 aromatic heterocycles. The molecule has 4 heteroatoms. The first kappa shape index (κ1) is 17.9. The first-order valence-electron chi connectivity index (χ1n) is 7.69. The Labute approximate surface area is 129 Å². The molecule has 0 radical (unpaired) electrons. The standard InChI is InChI=1S/C17H30N2O2/c1-13(2)11-18-12-15-7-8-16(19-14(15)3)21-10-9-17(4,5)20-6/h7-8,13,18H,9-12H2,1-6H3. The summed E-state index contributed by atoms with van der Waals surface area (Å²) in [6.45, 7) is 13.0. The Hall–Kier alpha value is -1.13. The summed E-state index contributed by atoms with van der Waals surface area (Å²) in [5.41, 5.74) is 2.09. The number of pyridine rings is 1. The van der Waals surface area contributed by atoms with E-state index < -0.39 is 0 Å². The lowest BCUT2D eigenvalue weighted by atomic mass is 10.1. The maximum absolute atomic E-state index is 5.71. The highest BCUT2D eigenvalue weighted by molar-refractivity contribution is 5.24. The first-order chi connectivity index (χ1) is 9.84. The van der Waals surface area contributed by atoms with Crippen LogP contribution >= 0.6 is 0 Å². The van der Waals surface area contributed by atoms with Crippen LogP contribution in [0.2, 0.25) is 0 Å². The van der Waals surface area contributed by atoms with Crippen molar-refractivity contribution in [3.05, 3.63) is 23.4 Å². The van der Waals surface area contributed by atoms with Gasteiger partial charge >= 0.3 is 0 Å². The van der Waals surface area contributed by atoms with Gasteiger partial charge in [0.1, 0.15) is 0 Å². The molecule has 0 spiro atoms. The molecule has 0 bridgehead atoms. The van der Waals surface area contributed by atoms with Crippen LogP contribution in [0.4, 0.5) is 0 Å². The van der Waals surface area contributed by atoms with E-state index in [0.29, 0.717) is 18.4 Å². The molecule has 0 atom stereocenters. The van der Waals surface area contributed by atoms with Crippen molar-refractivity contribution in [2.24, 2.45) is 5.92 Å². The van der Waals surface area contributed by atoms with E-state index in [1.165, 1.54) is 5.56 Å². The summed E-state index contributed by atoms with van der Waals surface area (Å²) in [5.74, 6) is 1.34. The minimum atomic E-state index is -0.157. The molecule has 4 nitrogen and oxygen atoms in total. The lowest BCUT2D eigenvalue weighted by Gasteiger charge is -2.22. The summed E-state index contributed by atoms with van der Waals surface area (Å²) < 4.78 is 11.1. The fourth-order valence-corrected chi connectivity index (χ4v) is 1.83. The van der Waals surface area contributed by atoms with Gasteiger partial charge in [-0.25, -0.2) is 4.98 Å². The van der Waals surface area contributed by atoms with Crippen LogP contribution in [0.1, 0.15) is 45.4 Å². The minimum absolute atomic E-state index is 0.157. The van der Waals surface area contributed by atoms with E-state index in [-0.39, 0.29) is 5.60 Å². The van der Waals surface area contributed by atoms with E-state index >= 15 is 0 Å². The van der Waals surface area contributed by atoms with Crippen molar-refractivity contribution in [2.75, 3.05) is 20.3 Å². The van der Waals surface area contributed by atoms with Gasteiger partial charge in [0.05, 0.1) is 12.2 Å². The highest BCUT2D eigenvalue weighted by atomic mass is 16.5. The largest absolute Gasteiger partial charge is 0.478 e. The van der Waals surface area contributed by atoms with Crippen molar-refractivity contribution in [1.82, 2.24) is 10.3 Å². The van der Waals surface area contributed by atoms with Gasteiger partial charge in [-0.15, -0.1) is 0 Å². The van der Waals surface area contributed by atoms with E-state index in [0.717, 1.165) is 25.2 Å². The Balaban J connectivity index is 2.46. The molecular formula is C17H30N2O2. The zero-order valence-corrected chi connectivity index (χ0v) is 14.3. The molecule has 0 aromatic carbocycles. The molecule has 0 amide bonds. The monoisotopic (exact) mass is 294 g/mol. The van der Waals surface area contributed by atoms with Crippen LogP contribution < -0.4 is 10.1 Å². The molecule has 0 unspecified atom stereocenters. The third kappa shape index (κ3) is 6.91. The van der Waals surface area contributed by atoms with Gasteiger partial charge in [0.15, 0.2) is 0 Å². The van der Waals surface area contributed by atoms with Gasteiger partial charge in [-0.3, -0.25) is 0 Å². The van der Waals surface area contributed by atoms with E-state index in [1.54, 1.807) is 7.11 Å².